The van der Waals surface area contributed by atoms with Gasteiger partial charge in [-0.1, -0.05) is 11.6 Å². The number of carbonyl (C=O) groups excluding carboxylic acids is 1. The van der Waals surface area contributed by atoms with Crippen LogP contribution in [0.25, 0.3) is 0 Å². The SMILES string of the molecule is CC(C)N1CCN([C@@H](CCN(C)C(=O)OC(C)(C)C)c2cc(F)cc(Cl)c2)CC1. The van der Waals surface area contributed by atoms with Crippen molar-refractivity contribution in [1.82, 2.24) is 14.7 Å². The first-order valence-electron chi connectivity index (χ1n) is 10.3. The van der Waals surface area contributed by atoms with Gasteiger partial charge in [-0.05, 0) is 64.8 Å². The van der Waals surface area contributed by atoms with Crippen LogP contribution < -0.4 is 0 Å². The molecule has 5 nitrogen and oxygen atoms in total. The Hall–Kier alpha value is -1.37. The lowest BCUT2D eigenvalue weighted by Gasteiger charge is -2.41. The molecule has 0 radical (unpaired) electrons. The van der Waals surface area contributed by atoms with Crippen molar-refractivity contribution in [3.63, 3.8) is 0 Å². The van der Waals surface area contributed by atoms with Crippen molar-refractivity contribution < 1.29 is 13.9 Å². The topological polar surface area (TPSA) is 36.0 Å². The van der Waals surface area contributed by atoms with Gasteiger partial charge in [-0.25, -0.2) is 9.18 Å². The minimum atomic E-state index is -0.534. The second kappa shape index (κ2) is 10.1. The molecule has 0 aliphatic carbocycles. The summed E-state index contributed by atoms with van der Waals surface area (Å²) in [6.07, 6.45) is 0.329. The number of rotatable bonds is 6. The highest BCUT2D eigenvalue weighted by atomic mass is 35.5. The highest BCUT2D eigenvalue weighted by Gasteiger charge is 2.28. The molecule has 1 aliphatic rings. The van der Waals surface area contributed by atoms with Crippen LogP contribution in [0.1, 0.15) is 52.6 Å². The Labute approximate surface area is 179 Å². The first-order chi connectivity index (χ1) is 13.5. The quantitative estimate of drug-likeness (QED) is 0.653. The van der Waals surface area contributed by atoms with Gasteiger partial charge < -0.3 is 9.64 Å². The molecule has 1 aliphatic heterocycles. The van der Waals surface area contributed by atoms with E-state index in [0.717, 1.165) is 31.7 Å². The van der Waals surface area contributed by atoms with Gasteiger partial charge in [-0.2, -0.15) is 0 Å². The van der Waals surface area contributed by atoms with Crippen molar-refractivity contribution in [3.05, 3.63) is 34.6 Å². The zero-order valence-corrected chi connectivity index (χ0v) is 19.3. The summed E-state index contributed by atoms with van der Waals surface area (Å²) in [5.74, 6) is -0.334. The van der Waals surface area contributed by atoms with Crippen LogP contribution in [0.3, 0.4) is 0 Å². The summed E-state index contributed by atoms with van der Waals surface area (Å²) in [5, 5.41) is 0.395. The van der Waals surface area contributed by atoms with E-state index in [4.69, 9.17) is 16.3 Å². The van der Waals surface area contributed by atoms with E-state index in [1.807, 2.05) is 26.8 Å². The molecule has 0 aromatic heterocycles. The molecule has 0 N–H and O–H groups in total. The number of benzene rings is 1. The molecule has 1 fully saturated rings. The zero-order valence-electron chi connectivity index (χ0n) is 18.5. The molecular weight excluding hydrogens is 393 g/mol. The monoisotopic (exact) mass is 427 g/mol. The van der Waals surface area contributed by atoms with Crippen LogP contribution in [0.5, 0.6) is 0 Å². The second-order valence-corrected chi connectivity index (χ2v) is 9.51. The van der Waals surface area contributed by atoms with Crippen LogP contribution >= 0.6 is 11.6 Å². The number of hydrogen-bond acceptors (Lipinski definition) is 4. The third kappa shape index (κ3) is 7.43. The maximum absolute atomic E-state index is 14.0. The Kier molecular flexibility index (Phi) is 8.32. The van der Waals surface area contributed by atoms with Gasteiger partial charge in [0.05, 0.1) is 0 Å². The van der Waals surface area contributed by atoms with Gasteiger partial charge in [0, 0.05) is 56.9 Å². The van der Waals surface area contributed by atoms with Gasteiger partial charge in [0.25, 0.3) is 0 Å². The van der Waals surface area contributed by atoms with Crippen molar-refractivity contribution in [1.29, 1.82) is 0 Å². The van der Waals surface area contributed by atoms with Crippen molar-refractivity contribution in [2.45, 2.75) is 58.7 Å². The molecule has 0 unspecified atom stereocenters. The normalized spacial score (nSPS) is 17.4. The Morgan fingerprint density at radius 3 is 2.28 bits per heavy atom. The van der Waals surface area contributed by atoms with Gasteiger partial charge in [-0.3, -0.25) is 9.80 Å². The van der Waals surface area contributed by atoms with E-state index in [1.165, 1.54) is 6.07 Å². The number of halogens is 2. The molecule has 0 bridgehead atoms. The van der Waals surface area contributed by atoms with E-state index in [1.54, 1.807) is 18.0 Å². The van der Waals surface area contributed by atoms with E-state index in [0.29, 0.717) is 24.0 Å². The number of nitrogens with zero attached hydrogens (tertiary/aromatic N) is 3. The van der Waals surface area contributed by atoms with Gasteiger partial charge >= 0.3 is 6.09 Å². The highest BCUT2D eigenvalue weighted by Crippen LogP contribution is 2.29. The molecule has 2 rings (SSSR count). The fourth-order valence-electron chi connectivity index (χ4n) is 3.64. The van der Waals surface area contributed by atoms with E-state index >= 15 is 0 Å². The molecule has 1 heterocycles. The molecule has 1 atom stereocenters. The molecule has 1 aromatic carbocycles. The first kappa shape index (κ1) is 23.9. The first-order valence-corrected chi connectivity index (χ1v) is 10.7. The van der Waals surface area contributed by atoms with Crippen molar-refractivity contribution in [3.8, 4) is 0 Å². The van der Waals surface area contributed by atoms with Crippen LogP contribution in [0.4, 0.5) is 9.18 Å². The summed E-state index contributed by atoms with van der Waals surface area (Å²) < 4.78 is 19.5. The van der Waals surface area contributed by atoms with Gasteiger partial charge in [0.15, 0.2) is 0 Å². The smallest absolute Gasteiger partial charge is 0.410 e. The molecule has 29 heavy (non-hydrogen) atoms. The molecule has 164 valence electrons. The molecule has 1 aromatic rings. The van der Waals surface area contributed by atoms with Crippen LogP contribution in [-0.4, -0.2) is 72.2 Å². The molecular formula is C22H35ClFN3O2. The summed E-state index contributed by atoms with van der Waals surface area (Å²) in [4.78, 5) is 18.7. The van der Waals surface area contributed by atoms with E-state index in [2.05, 4.69) is 23.6 Å². The van der Waals surface area contributed by atoms with Crippen LogP contribution in [0, 0.1) is 5.82 Å². The third-order valence-corrected chi connectivity index (χ3v) is 5.45. The fourth-order valence-corrected chi connectivity index (χ4v) is 3.87. The number of piperazine rings is 1. The van der Waals surface area contributed by atoms with E-state index in [9.17, 15) is 9.18 Å². The number of amides is 1. The molecule has 0 saturated carbocycles. The van der Waals surface area contributed by atoms with Crippen molar-refractivity contribution >= 4 is 17.7 Å². The largest absolute Gasteiger partial charge is 0.444 e. The van der Waals surface area contributed by atoms with Crippen molar-refractivity contribution in [2.24, 2.45) is 0 Å². The lowest BCUT2D eigenvalue weighted by molar-refractivity contribution is 0.0264. The highest BCUT2D eigenvalue weighted by molar-refractivity contribution is 6.30. The van der Waals surface area contributed by atoms with Gasteiger partial charge in [0.1, 0.15) is 11.4 Å². The third-order valence-electron chi connectivity index (χ3n) is 5.23. The van der Waals surface area contributed by atoms with Crippen LogP contribution in [-0.2, 0) is 4.74 Å². The molecule has 1 amide bonds. The number of ether oxygens (including phenoxy) is 1. The second-order valence-electron chi connectivity index (χ2n) is 9.07. The summed E-state index contributed by atoms with van der Waals surface area (Å²) >= 11 is 6.13. The minimum Gasteiger partial charge on any atom is -0.444 e. The average molecular weight is 428 g/mol. The zero-order chi connectivity index (χ0) is 21.8. The van der Waals surface area contributed by atoms with Gasteiger partial charge in [0.2, 0.25) is 0 Å². The number of carbonyl (C=O) groups is 1. The predicted molar refractivity (Wildman–Crippen MR) is 116 cm³/mol. The van der Waals surface area contributed by atoms with Gasteiger partial charge in [-0.15, -0.1) is 0 Å². The van der Waals surface area contributed by atoms with E-state index in [-0.39, 0.29) is 18.0 Å². The Morgan fingerprint density at radius 2 is 1.76 bits per heavy atom. The molecule has 0 spiro atoms. The summed E-state index contributed by atoms with van der Waals surface area (Å²) in [6, 6.07) is 5.21. The molecule has 1 saturated heterocycles. The summed E-state index contributed by atoms with van der Waals surface area (Å²) in [7, 11) is 1.74. The minimum absolute atomic E-state index is 0.0117. The predicted octanol–water partition coefficient (Wildman–Crippen LogP) is 4.80. The maximum atomic E-state index is 14.0. The molecule has 7 heteroatoms. The standard InChI is InChI=1S/C22H35ClFN3O2/c1-16(2)26-9-11-27(12-10-26)20(17-13-18(23)15-19(24)14-17)7-8-25(6)21(28)29-22(3,4)5/h13-16,20H,7-12H2,1-6H3/t20-/m0/s1. The van der Waals surface area contributed by atoms with Crippen LogP contribution in [0.15, 0.2) is 18.2 Å². The maximum Gasteiger partial charge on any atom is 0.410 e. The lowest BCUT2D eigenvalue weighted by Crippen LogP contribution is -2.50. The summed E-state index contributed by atoms with van der Waals surface area (Å²) in [5.41, 5.74) is 0.319. The summed E-state index contributed by atoms with van der Waals surface area (Å²) in [6.45, 7) is 14.2. The van der Waals surface area contributed by atoms with Crippen molar-refractivity contribution in [2.75, 3.05) is 39.8 Å². The Bertz CT molecular complexity index is 665. The Morgan fingerprint density at radius 1 is 1.17 bits per heavy atom. The average Bonchev–Trinajstić information content (AvgIpc) is 2.59. The Balaban J connectivity index is 2.12. The van der Waals surface area contributed by atoms with E-state index < -0.39 is 5.60 Å². The van der Waals surface area contributed by atoms with Crippen LogP contribution in [0.2, 0.25) is 5.02 Å². The number of hydrogen-bond donors (Lipinski definition) is 0. The lowest BCUT2D eigenvalue weighted by atomic mass is 10.00. The fraction of sp³-hybridized carbons (Fsp3) is 0.682.